The summed E-state index contributed by atoms with van der Waals surface area (Å²) >= 11 is 11.4. The molecule has 120 valence electrons. The highest BCUT2D eigenvalue weighted by molar-refractivity contribution is 7.54. The predicted molar refractivity (Wildman–Crippen MR) is 83.7 cm³/mol. The maximum Gasteiger partial charge on any atom is 0.343 e. The van der Waals surface area contributed by atoms with Crippen molar-refractivity contribution < 1.29 is 13.9 Å². The monoisotopic (exact) mass is 348 g/mol. The normalized spacial score (nSPS) is 14.8. The molecule has 0 aliphatic rings. The van der Waals surface area contributed by atoms with E-state index in [0.717, 1.165) is 0 Å². The molecular weight excluding hydrogens is 326 g/mol. The molecule has 0 aliphatic heterocycles. The topological polar surface area (TPSA) is 89.2 Å². The maximum atomic E-state index is 12.8. The highest BCUT2D eigenvalue weighted by Gasteiger charge is 2.30. The third kappa shape index (κ3) is 8.42. The minimum Gasteiger partial charge on any atom is -0.399 e. The highest BCUT2D eigenvalue weighted by Crippen LogP contribution is 2.46. The van der Waals surface area contributed by atoms with Gasteiger partial charge < -0.3 is 15.1 Å². The van der Waals surface area contributed by atoms with E-state index >= 15 is 0 Å². The van der Waals surface area contributed by atoms with Crippen molar-refractivity contribution in [2.75, 3.05) is 51.7 Å². The van der Waals surface area contributed by atoms with Crippen LogP contribution in [0, 0.1) is 0 Å². The molecule has 0 radical (unpaired) electrons. The van der Waals surface area contributed by atoms with Crippen molar-refractivity contribution in [1.82, 2.24) is 9.76 Å². The molecule has 0 aromatic heterocycles. The summed E-state index contributed by atoms with van der Waals surface area (Å²) in [5.74, 6) is 0.666. The zero-order valence-electron chi connectivity index (χ0n) is 11.6. The van der Waals surface area contributed by atoms with E-state index in [4.69, 9.17) is 33.5 Å². The molecule has 0 fully saturated rings. The Morgan fingerprint density at radius 3 is 2.55 bits per heavy atom. The zero-order chi connectivity index (χ0) is 15.3. The number of oxime groups is 1. The number of nitrogens with two attached hydrogens (primary N) is 1. The van der Waals surface area contributed by atoms with Crippen LogP contribution in [0.2, 0.25) is 0 Å². The largest absolute Gasteiger partial charge is 0.399 e. The Balaban J connectivity index is 4.59. The minimum atomic E-state index is -3.20. The lowest BCUT2D eigenvalue weighted by molar-refractivity contribution is 0.213. The van der Waals surface area contributed by atoms with Crippen LogP contribution in [-0.2, 0) is 13.9 Å². The molecule has 0 saturated heterocycles. The Bertz CT molecular complexity index is 304. The van der Waals surface area contributed by atoms with Gasteiger partial charge >= 0.3 is 7.67 Å². The van der Waals surface area contributed by atoms with Gasteiger partial charge in [-0.15, -0.1) is 23.2 Å². The minimum absolute atomic E-state index is 0.239. The molecule has 0 spiro atoms. The van der Waals surface area contributed by atoms with E-state index in [2.05, 4.69) is 15.1 Å². The number of nitrogens with zero attached hydrogens (tertiary/aromatic N) is 2. The second-order valence-electron chi connectivity index (χ2n) is 3.64. The van der Waals surface area contributed by atoms with E-state index in [-0.39, 0.29) is 6.61 Å². The van der Waals surface area contributed by atoms with E-state index in [1.165, 1.54) is 7.11 Å². The summed E-state index contributed by atoms with van der Waals surface area (Å²) in [4.78, 5) is 4.53. The first-order valence-corrected chi connectivity index (χ1v) is 8.91. The van der Waals surface area contributed by atoms with Crippen LogP contribution in [-0.4, -0.2) is 62.5 Å². The molecule has 1 unspecified atom stereocenters. The first kappa shape index (κ1) is 20.1. The molecular formula is C10H23Cl2N4O3P. The molecule has 10 heteroatoms. The van der Waals surface area contributed by atoms with Gasteiger partial charge in [-0.2, -0.15) is 0 Å². The second-order valence-corrected chi connectivity index (χ2v) is 6.58. The molecule has 0 saturated carbocycles. The fraction of sp³-hybridized carbons (Fsp3) is 0.900. The number of rotatable bonds is 13. The molecule has 7 nitrogen and oxygen atoms in total. The molecule has 0 rings (SSSR count). The second kappa shape index (κ2) is 12.8. The molecule has 1 atom stereocenters. The van der Waals surface area contributed by atoms with Gasteiger partial charge in [0.1, 0.15) is 7.11 Å². The van der Waals surface area contributed by atoms with Crippen molar-refractivity contribution in [2.24, 2.45) is 10.9 Å². The van der Waals surface area contributed by atoms with E-state index in [1.54, 1.807) is 10.9 Å². The number of halogens is 2. The Morgan fingerprint density at radius 1 is 1.40 bits per heavy atom. The molecule has 0 aliphatic carbocycles. The Labute approximate surface area is 130 Å². The van der Waals surface area contributed by atoms with Crippen molar-refractivity contribution >= 4 is 37.1 Å². The van der Waals surface area contributed by atoms with Gasteiger partial charge in [0.15, 0.2) is 0 Å². The van der Waals surface area contributed by atoms with Gasteiger partial charge in [0, 0.05) is 50.6 Å². The Hall–Kier alpha value is 0.120. The van der Waals surface area contributed by atoms with Crippen molar-refractivity contribution in [2.45, 2.75) is 6.42 Å². The third-order valence-corrected chi connectivity index (χ3v) is 4.85. The fourth-order valence-electron chi connectivity index (χ4n) is 1.36. The zero-order valence-corrected chi connectivity index (χ0v) is 14.0. The lowest BCUT2D eigenvalue weighted by Crippen LogP contribution is -2.34. The molecule has 0 aromatic rings. The van der Waals surface area contributed by atoms with Gasteiger partial charge in [-0.05, 0) is 0 Å². The van der Waals surface area contributed by atoms with E-state index in [0.29, 0.717) is 44.4 Å². The summed E-state index contributed by atoms with van der Waals surface area (Å²) in [5.41, 5.74) is 5.43. The molecule has 0 amide bonds. The summed E-state index contributed by atoms with van der Waals surface area (Å²) in [6.45, 7) is 1.80. The van der Waals surface area contributed by atoms with Gasteiger partial charge in [0.05, 0.1) is 6.61 Å². The average Bonchev–Trinajstić information content (AvgIpc) is 2.45. The number of alkyl halides is 2. The summed E-state index contributed by atoms with van der Waals surface area (Å²) < 4.78 is 19.9. The highest BCUT2D eigenvalue weighted by atomic mass is 35.5. The summed E-state index contributed by atoms with van der Waals surface area (Å²) in [7, 11) is -1.74. The van der Waals surface area contributed by atoms with Gasteiger partial charge in [-0.3, -0.25) is 4.57 Å². The quantitative estimate of drug-likeness (QED) is 0.172. The van der Waals surface area contributed by atoms with Gasteiger partial charge in [0.2, 0.25) is 0 Å². The van der Waals surface area contributed by atoms with Crippen LogP contribution in [0.25, 0.3) is 0 Å². The summed E-state index contributed by atoms with van der Waals surface area (Å²) in [6, 6.07) is 0. The lowest BCUT2D eigenvalue weighted by Gasteiger charge is -2.30. The molecule has 0 bridgehead atoms. The van der Waals surface area contributed by atoms with Gasteiger partial charge in [-0.25, -0.2) is 9.76 Å². The number of hydrogen-bond donors (Lipinski definition) is 2. The number of nitrogens with one attached hydrogen (secondary N) is 1. The first-order chi connectivity index (χ1) is 9.64. The standard InChI is InChI=1S/C10H23Cl2N4O3P/c1-18-14-6-2-10-19-20(17,15-7-5-13)16(8-3-11)9-4-12/h6H,2-5,7-10,13H2,1H3,(H,15,17). The fourth-order valence-corrected chi connectivity index (χ4v) is 3.95. The molecule has 0 heterocycles. The van der Waals surface area contributed by atoms with E-state index in [1.807, 2.05) is 0 Å². The van der Waals surface area contributed by atoms with Crippen LogP contribution >= 0.6 is 30.9 Å². The van der Waals surface area contributed by atoms with Crippen molar-refractivity contribution in [1.29, 1.82) is 0 Å². The van der Waals surface area contributed by atoms with E-state index in [9.17, 15) is 4.57 Å². The van der Waals surface area contributed by atoms with Crippen LogP contribution in [0.3, 0.4) is 0 Å². The van der Waals surface area contributed by atoms with Crippen molar-refractivity contribution in [3.63, 3.8) is 0 Å². The molecule has 0 aromatic carbocycles. The SMILES string of the molecule is CON=CCCOP(=O)(NCCN)N(CCCl)CCCl. The van der Waals surface area contributed by atoms with Crippen molar-refractivity contribution in [3.05, 3.63) is 0 Å². The Morgan fingerprint density at radius 2 is 2.05 bits per heavy atom. The molecule has 20 heavy (non-hydrogen) atoms. The third-order valence-electron chi connectivity index (χ3n) is 2.21. The Kier molecular flexibility index (Phi) is 12.9. The van der Waals surface area contributed by atoms with E-state index < -0.39 is 7.67 Å². The van der Waals surface area contributed by atoms with Gasteiger partial charge in [0.25, 0.3) is 0 Å². The van der Waals surface area contributed by atoms with Crippen LogP contribution < -0.4 is 10.8 Å². The van der Waals surface area contributed by atoms with Crippen LogP contribution in [0.4, 0.5) is 0 Å². The molecule has 3 N–H and O–H groups in total. The van der Waals surface area contributed by atoms with Crippen LogP contribution in [0.5, 0.6) is 0 Å². The lowest BCUT2D eigenvalue weighted by atomic mass is 10.5. The average molecular weight is 349 g/mol. The van der Waals surface area contributed by atoms with Gasteiger partial charge in [-0.1, -0.05) is 5.16 Å². The smallest absolute Gasteiger partial charge is 0.343 e. The summed E-state index contributed by atoms with van der Waals surface area (Å²) in [6.07, 6.45) is 2.03. The maximum absolute atomic E-state index is 12.8. The summed E-state index contributed by atoms with van der Waals surface area (Å²) in [5, 5.41) is 6.43. The first-order valence-electron chi connectivity index (χ1n) is 6.26. The van der Waals surface area contributed by atoms with Crippen molar-refractivity contribution in [3.8, 4) is 0 Å². The number of hydrogen-bond acceptors (Lipinski definition) is 5. The van der Waals surface area contributed by atoms with Crippen LogP contribution in [0.15, 0.2) is 5.16 Å². The van der Waals surface area contributed by atoms with Crippen LogP contribution in [0.1, 0.15) is 6.42 Å². The predicted octanol–water partition coefficient (Wildman–Crippen LogP) is 1.46.